The number of carboxylic acids is 1. The molecule has 0 aromatic heterocycles. The van der Waals surface area contributed by atoms with Gasteiger partial charge in [0.2, 0.25) is 0 Å². The summed E-state index contributed by atoms with van der Waals surface area (Å²) in [5.41, 5.74) is 2.98. The fourth-order valence-corrected chi connectivity index (χ4v) is 1.92. The van der Waals surface area contributed by atoms with Crippen molar-refractivity contribution in [2.75, 3.05) is 0 Å². The minimum atomic E-state index is -0.811. The van der Waals surface area contributed by atoms with Gasteiger partial charge >= 0.3 is 5.97 Å². The van der Waals surface area contributed by atoms with Gasteiger partial charge in [-0.2, -0.15) is 0 Å². The summed E-state index contributed by atoms with van der Waals surface area (Å²) in [5.74, 6) is -0.455. The van der Waals surface area contributed by atoms with Crippen LogP contribution in [0.1, 0.15) is 29.5 Å². The predicted octanol–water partition coefficient (Wildman–Crippen LogP) is 3.76. The molecule has 2 aromatic carbocycles. The predicted molar refractivity (Wildman–Crippen MR) is 78.0 cm³/mol. The average molecular weight is 270 g/mol. The van der Waals surface area contributed by atoms with Gasteiger partial charge in [-0.25, -0.2) is 0 Å². The molecule has 0 saturated heterocycles. The van der Waals surface area contributed by atoms with E-state index < -0.39 is 11.9 Å². The van der Waals surface area contributed by atoms with E-state index in [4.69, 9.17) is 9.84 Å². The molecule has 0 bridgehead atoms. The summed E-state index contributed by atoms with van der Waals surface area (Å²) >= 11 is 0. The highest BCUT2D eigenvalue weighted by Crippen LogP contribution is 2.18. The third-order valence-corrected chi connectivity index (χ3v) is 3.25. The molecule has 1 unspecified atom stereocenters. The first-order valence-electron chi connectivity index (χ1n) is 6.57. The minimum absolute atomic E-state index is 0.477. The summed E-state index contributed by atoms with van der Waals surface area (Å²) < 4.78 is 5.70. The third-order valence-electron chi connectivity index (χ3n) is 3.25. The van der Waals surface area contributed by atoms with E-state index in [2.05, 4.69) is 0 Å². The summed E-state index contributed by atoms with van der Waals surface area (Å²) in [6.07, 6.45) is 0. The Balaban J connectivity index is 1.99. The number of aliphatic carboxylic acids is 1. The van der Waals surface area contributed by atoms with Gasteiger partial charge in [0.25, 0.3) is 0 Å². The highest BCUT2D eigenvalue weighted by Gasteiger charge is 2.12. The van der Waals surface area contributed by atoms with Gasteiger partial charge < -0.3 is 9.84 Å². The van der Waals surface area contributed by atoms with Crippen LogP contribution in [0.25, 0.3) is 0 Å². The van der Waals surface area contributed by atoms with Crippen LogP contribution in [0, 0.1) is 6.92 Å². The number of hydrogen-bond acceptors (Lipinski definition) is 2. The van der Waals surface area contributed by atoms with Crippen molar-refractivity contribution < 1.29 is 14.6 Å². The first-order chi connectivity index (χ1) is 9.56. The van der Waals surface area contributed by atoms with Crippen LogP contribution >= 0.6 is 0 Å². The summed E-state index contributed by atoms with van der Waals surface area (Å²) in [6, 6.07) is 15.4. The van der Waals surface area contributed by atoms with Gasteiger partial charge in [0.1, 0.15) is 12.4 Å². The van der Waals surface area contributed by atoms with E-state index in [0.29, 0.717) is 6.61 Å². The van der Waals surface area contributed by atoms with Crippen molar-refractivity contribution in [2.24, 2.45) is 0 Å². The topological polar surface area (TPSA) is 46.5 Å². The lowest BCUT2D eigenvalue weighted by molar-refractivity contribution is -0.138. The van der Waals surface area contributed by atoms with Gasteiger partial charge in [0.15, 0.2) is 0 Å². The highest BCUT2D eigenvalue weighted by atomic mass is 16.5. The number of rotatable bonds is 5. The zero-order valence-corrected chi connectivity index (χ0v) is 11.7. The summed E-state index contributed by atoms with van der Waals surface area (Å²) in [6.45, 7) is 4.18. The molecule has 0 amide bonds. The molecule has 1 N–H and O–H groups in total. The molecular formula is C17H18O3. The Labute approximate surface area is 118 Å². The summed E-state index contributed by atoms with van der Waals surface area (Å²) in [4.78, 5) is 10.9. The van der Waals surface area contributed by atoms with Gasteiger partial charge in [-0.15, -0.1) is 0 Å². The van der Waals surface area contributed by atoms with Crippen LogP contribution in [-0.4, -0.2) is 11.1 Å². The molecule has 104 valence electrons. The number of benzene rings is 2. The van der Waals surface area contributed by atoms with Crippen LogP contribution in [-0.2, 0) is 11.4 Å². The van der Waals surface area contributed by atoms with E-state index in [1.165, 1.54) is 0 Å². The fraction of sp³-hybridized carbons (Fsp3) is 0.235. The molecule has 0 aliphatic rings. The molecule has 20 heavy (non-hydrogen) atoms. The molecule has 2 aromatic rings. The maximum absolute atomic E-state index is 10.9. The van der Waals surface area contributed by atoms with E-state index in [9.17, 15) is 4.79 Å². The molecule has 0 spiro atoms. The second-order valence-corrected chi connectivity index (χ2v) is 4.91. The van der Waals surface area contributed by atoms with Crippen LogP contribution in [0.5, 0.6) is 5.75 Å². The zero-order chi connectivity index (χ0) is 14.5. The standard InChI is InChI=1S/C17H18O3/c1-12-4-3-5-16(10-12)20-11-14-6-8-15(9-7-14)13(2)17(18)19/h3-10,13H,11H2,1-2H3,(H,18,19). The fourth-order valence-electron chi connectivity index (χ4n) is 1.92. The molecule has 3 heteroatoms. The van der Waals surface area contributed by atoms with Crippen molar-refractivity contribution in [3.63, 3.8) is 0 Å². The van der Waals surface area contributed by atoms with Gasteiger partial charge in [-0.05, 0) is 42.7 Å². The minimum Gasteiger partial charge on any atom is -0.489 e. The number of aryl methyl sites for hydroxylation is 1. The van der Waals surface area contributed by atoms with E-state index in [0.717, 1.165) is 22.4 Å². The van der Waals surface area contributed by atoms with Crippen LogP contribution in [0.4, 0.5) is 0 Å². The normalized spacial score (nSPS) is 11.9. The second kappa shape index (κ2) is 6.24. The lowest BCUT2D eigenvalue weighted by atomic mass is 10.0. The Kier molecular flexibility index (Phi) is 4.41. The Morgan fingerprint density at radius 2 is 1.90 bits per heavy atom. The second-order valence-electron chi connectivity index (χ2n) is 4.91. The number of carbonyl (C=O) groups is 1. The molecule has 1 atom stereocenters. The van der Waals surface area contributed by atoms with E-state index >= 15 is 0 Å². The first kappa shape index (κ1) is 14.1. The van der Waals surface area contributed by atoms with Crippen LogP contribution in [0.3, 0.4) is 0 Å². The molecule has 0 saturated carbocycles. The SMILES string of the molecule is Cc1cccc(OCc2ccc(C(C)C(=O)O)cc2)c1. The van der Waals surface area contributed by atoms with E-state index in [1.807, 2.05) is 55.5 Å². The maximum Gasteiger partial charge on any atom is 0.310 e. The lowest BCUT2D eigenvalue weighted by Gasteiger charge is -2.09. The lowest BCUT2D eigenvalue weighted by Crippen LogP contribution is -2.07. The highest BCUT2D eigenvalue weighted by molar-refractivity contribution is 5.75. The van der Waals surface area contributed by atoms with Gasteiger partial charge in [0, 0.05) is 0 Å². The van der Waals surface area contributed by atoms with Crippen molar-refractivity contribution >= 4 is 5.97 Å². The number of carboxylic acid groups (broad SMARTS) is 1. The Morgan fingerprint density at radius 1 is 1.20 bits per heavy atom. The maximum atomic E-state index is 10.9. The van der Waals surface area contributed by atoms with Crippen LogP contribution < -0.4 is 4.74 Å². The molecule has 0 aliphatic heterocycles. The summed E-state index contributed by atoms with van der Waals surface area (Å²) in [5, 5.41) is 8.96. The Morgan fingerprint density at radius 3 is 2.50 bits per heavy atom. The van der Waals surface area contributed by atoms with Gasteiger partial charge in [0.05, 0.1) is 5.92 Å². The van der Waals surface area contributed by atoms with Gasteiger partial charge in [-0.3, -0.25) is 4.79 Å². The van der Waals surface area contributed by atoms with Crippen molar-refractivity contribution in [3.05, 3.63) is 65.2 Å². The first-order valence-corrected chi connectivity index (χ1v) is 6.57. The average Bonchev–Trinajstić information content (AvgIpc) is 2.45. The van der Waals surface area contributed by atoms with Gasteiger partial charge in [-0.1, -0.05) is 36.4 Å². The van der Waals surface area contributed by atoms with Crippen LogP contribution in [0.2, 0.25) is 0 Å². The number of ether oxygens (including phenoxy) is 1. The largest absolute Gasteiger partial charge is 0.489 e. The molecular weight excluding hydrogens is 252 g/mol. The molecule has 0 fully saturated rings. The van der Waals surface area contributed by atoms with Crippen molar-refractivity contribution in [3.8, 4) is 5.75 Å². The van der Waals surface area contributed by atoms with E-state index in [-0.39, 0.29) is 0 Å². The third kappa shape index (κ3) is 3.60. The van der Waals surface area contributed by atoms with E-state index in [1.54, 1.807) is 6.92 Å². The van der Waals surface area contributed by atoms with Crippen molar-refractivity contribution in [1.82, 2.24) is 0 Å². The Bertz CT molecular complexity index is 587. The van der Waals surface area contributed by atoms with Crippen LogP contribution in [0.15, 0.2) is 48.5 Å². The molecule has 0 aliphatic carbocycles. The van der Waals surface area contributed by atoms with Crippen molar-refractivity contribution in [1.29, 1.82) is 0 Å². The monoisotopic (exact) mass is 270 g/mol. The molecule has 3 nitrogen and oxygen atoms in total. The molecule has 0 radical (unpaired) electrons. The smallest absolute Gasteiger partial charge is 0.310 e. The molecule has 0 heterocycles. The quantitative estimate of drug-likeness (QED) is 0.899. The zero-order valence-electron chi connectivity index (χ0n) is 11.7. The van der Waals surface area contributed by atoms with Crippen molar-refractivity contribution in [2.45, 2.75) is 26.4 Å². The summed E-state index contributed by atoms with van der Waals surface area (Å²) in [7, 11) is 0. The number of hydrogen-bond donors (Lipinski definition) is 1. The Hall–Kier alpha value is -2.29. The molecule has 2 rings (SSSR count).